The number of nitrogens with zero attached hydrogens (tertiary/aromatic N) is 3. The summed E-state index contributed by atoms with van der Waals surface area (Å²) in [5.74, 6) is 1.07. The van der Waals surface area contributed by atoms with Crippen LogP contribution in [0.1, 0.15) is 18.9 Å². The lowest BCUT2D eigenvalue weighted by Crippen LogP contribution is -2.50. The van der Waals surface area contributed by atoms with E-state index in [1.54, 1.807) is 23.1 Å². The number of rotatable bonds is 6. The maximum Gasteiger partial charge on any atom is 0.261 e. The van der Waals surface area contributed by atoms with Crippen molar-refractivity contribution in [1.29, 1.82) is 0 Å². The minimum Gasteiger partial charge on any atom is -0.484 e. The van der Waals surface area contributed by atoms with Crippen LogP contribution in [0.3, 0.4) is 0 Å². The Morgan fingerprint density at radius 2 is 2.06 bits per heavy atom. The molecule has 1 aromatic heterocycles. The number of nitrogens with one attached hydrogen (secondary N) is 2. The molecule has 2 N–H and O–H groups in total. The standard InChI is InChI=1S/C22H23N5O4/c1-15(28)24-17-7-5-6-16(12-17)21-25-22(31-26-21)19-13-23-10-11-27(19)20(29)14-30-18-8-3-2-4-9-18/h2-9,12,19,23H,10-11,13-14H2,1H3,(H,24,28). The Morgan fingerprint density at radius 1 is 1.23 bits per heavy atom. The Balaban J connectivity index is 1.48. The molecular weight excluding hydrogens is 398 g/mol. The number of piperazine rings is 1. The summed E-state index contributed by atoms with van der Waals surface area (Å²) in [7, 11) is 0. The van der Waals surface area contributed by atoms with Crippen molar-refractivity contribution in [2.24, 2.45) is 0 Å². The zero-order valence-corrected chi connectivity index (χ0v) is 17.1. The van der Waals surface area contributed by atoms with E-state index >= 15 is 0 Å². The maximum absolute atomic E-state index is 12.8. The monoisotopic (exact) mass is 421 g/mol. The third-order valence-corrected chi connectivity index (χ3v) is 4.84. The van der Waals surface area contributed by atoms with E-state index in [0.717, 1.165) is 0 Å². The second-order valence-electron chi connectivity index (χ2n) is 7.13. The summed E-state index contributed by atoms with van der Waals surface area (Å²) >= 11 is 0. The number of anilines is 1. The van der Waals surface area contributed by atoms with Crippen molar-refractivity contribution in [3.05, 3.63) is 60.5 Å². The first-order valence-corrected chi connectivity index (χ1v) is 10.00. The number of para-hydroxylation sites is 1. The average Bonchev–Trinajstić information content (AvgIpc) is 3.28. The summed E-state index contributed by atoms with van der Waals surface area (Å²) in [6, 6.07) is 16.0. The molecule has 1 saturated heterocycles. The number of benzene rings is 2. The summed E-state index contributed by atoms with van der Waals surface area (Å²) in [5, 5.41) is 10.1. The molecule has 9 heteroatoms. The van der Waals surface area contributed by atoms with Crippen LogP contribution in [-0.4, -0.2) is 53.1 Å². The zero-order chi connectivity index (χ0) is 21.6. The highest BCUT2D eigenvalue weighted by atomic mass is 16.5. The number of aromatic nitrogens is 2. The molecule has 0 spiro atoms. The van der Waals surface area contributed by atoms with Crippen LogP contribution in [0.25, 0.3) is 11.4 Å². The molecule has 1 aliphatic rings. The van der Waals surface area contributed by atoms with Gasteiger partial charge in [0.2, 0.25) is 11.7 Å². The van der Waals surface area contributed by atoms with Crippen molar-refractivity contribution in [2.45, 2.75) is 13.0 Å². The van der Waals surface area contributed by atoms with Crippen LogP contribution in [0, 0.1) is 0 Å². The second kappa shape index (κ2) is 9.40. The fraction of sp³-hybridized carbons (Fsp3) is 0.273. The lowest BCUT2D eigenvalue weighted by molar-refractivity contribution is -0.137. The molecule has 1 fully saturated rings. The molecule has 31 heavy (non-hydrogen) atoms. The highest BCUT2D eigenvalue weighted by Gasteiger charge is 2.32. The van der Waals surface area contributed by atoms with Crippen LogP contribution in [0.15, 0.2) is 59.1 Å². The fourth-order valence-electron chi connectivity index (χ4n) is 3.40. The number of amides is 2. The van der Waals surface area contributed by atoms with Crippen LogP contribution < -0.4 is 15.4 Å². The Morgan fingerprint density at radius 3 is 2.87 bits per heavy atom. The molecule has 0 saturated carbocycles. The molecular formula is C22H23N5O4. The first-order chi connectivity index (χ1) is 15.1. The quantitative estimate of drug-likeness (QED) is 0.628. The molecule has 1 atom stereocenters. The Labute approximate surface area is 179 Å². The molecule has 1 aliphatic heterocycles. The minimum absolute atomic E-state index is 0.0692. The third-order valence-electron chi connectivity index (χ3n) is 4.84. The van der Waals surface area contributed by atoms with E-state index in [0.29, 0.717) is 48.3 Å². The van der Waals surface area contributed by atoms with Crippen LogP contribution >= 0.6 is 0 Å². The van der Waals surface area contributed by atoms with Crippen molar-refractivity contribution < 1.29 is 18.8 Å². The first kappa shape index (κ1) is 20.5. The molecule has 0 aliphatic carbocycles. The van der Waals surface area contributed by atoms with Gasteiger partial charge in [0, 0.05) is 37.8 Å². The number of carbonyl (C=O) groups excluding carboxylic acids is 2. The van der Waals surface area contributed by atoms with Gasteiger partial charge in [-0.1, -0.05) is 35.5 Å². The van der Waals surface area contributed by atoms with E-state index in [1.165, 1.54) is 6.92 Å². The van der Waals surface area contributed by atoms with Crippen LogP contribution in [0.5, 0.6) is 5.75 Å². The Kier molecular flexibility index (Phi) is 6.23. The van der Waals surface area contributed by atoms with Gasteiger partial charge in [-0.15, -0.1) is 0 Å². The topological polar surface area (TPSA) is 110 Å². The summed E-state index contributed by atoms with van der Waals surface area (Å²) in [4.78, 5) is 30.3. The molecule has 0 bridgehead atoms. The molecule has 9 nitrogen and oxygen atoms in total. The third kappa shape index (κ3) is 5.07. The van der Waals surface area contributed by atoms with Crippen LogP contribution in [0.4, 0.5) is 5.69 Å². The van der Waals surface area contributed by atoms with Gasteiger partial charge < -0.3 is 24.8 Å². The largest absolute Gasteiger partial charge is 0.484 e. The molecule has 0 radical (unpaired) electrons. The van der Waals surface area contributed by atoms with Gasteiger partial charge in [0.25, 0.3) is 11.8 Å². The molecule has 4 rings (SSSR count). The summed E-state index contributed by atoms with van der Waals surface area (Å²) in [6.07, 6.45) is 0. The van der Waals surface area contributed by atoms with E-state index in [9.17, 15) is 9.59 Å². The highest BCUT2D eigenvalue weighted by molar-refractivity contribution is 5.89. The number of hydrogen-bond donors (Lipinski definition) is 2. The van der Waals surface area contributed by atoms with Gasteiger partial charge in [-0.2, -0.15) is 4.98 Å². The van der Waals surface area contributed by atoms with Crippen molar-refractivity contribution in [1.82, 2.24) is 20.4 Å². The minimum atomic E-state index is -0.389. The second-order valence-corrected chi connectivity index (χ2v) is 7.13. The van der Waals surface area contributed by atoms with Gasteiger partial charge >= 0.3 is 0 Å². The predicted molar refractivity (Wildman–Crippen MR) is 113 cm³/mol. The van der Waals surface area contributed by atoms with Crippen molar-refractivity contribution in [2.75, 3.05) is 31.6 Å². The van der Waals surface area contributed by atoms with Crippen molar-refractivity contribution >= 4 is 17.5 Å². The summed E-state index contributed by atoms with van der Waals surface area (Å²) < 4.78 is 11.1. The fourth-order valence-corrected chi connectivity index (χ4v) is 3.40. The normalized spacial score (nSPS) is 16.0. The SMILES string of the molecule is CC(=O)Nc1cccc(-c2noc(C3CNCCN3C(=O)COc3ccccc3)n2)c1. The van der Waals surface area contributed by atoms with Gasteiger partial charge in [-0.3, -0.25) is 9.59 Å². The number of hydrogen-bond acceptors (Lipinski definition) is 7. The number of ether oxygens (including phenoxy) is 1. The molecule has 2 heterocycles. The van der Waals surface area contributed by atoms with E-state index < -0.39 is 0 Å². The van der Waals surface area contributed by atoms with Gasteiger partial charge in [-0.25, -0.2) is 0 Å². The Bertz CT molecular complexity index is 1050. The van der Waals surface area contributed by atoms with Gasteiger partial charge in [0.1, 0.15) is 11.8 Å². The molecule has 3 aromatic rings. The smallest absolute Gasteiger partial charge is 0.261 e. The molecule has 160 valence electrons. The maximum atomic E-state index is 12.8. The molecule has 1 unspecified atom stereocenters. The zero-order valence-electron chi connectivity index (χ0n) is 17.1. The van der Waals surface area contributed by atoms with Gasteiger partial charge in [0.05, 0.1) is 0 Å². The highest BCUT2D eigenvalue weighted by Crippen LogP contribution is 2.25. The number of carbonyl (C=O) groups is 2. The van der Waals surface area contributed by atoms with Crippen molar-refractivity contribution in [3.63, 3.8) is 0 Å². The van der Waals surface area contributed by atoms with Gasteiger partial charge in [-0.05, 0) is 24.3 Å². The molecule has 2 amide bonds. The van der Waals surface area contributed by atoms with E-state index in [-0.39, 0.29) is 24.5 Å². The van der Waals surface area contributed by atoms with Crippen molar-refractivity contribution in [3.8, 4) is 17.1 Å². The molecule has 2 aromatic carbocycles. The lowest BCUT2D eigenvalue weighted by atomic mass is 10.1. The lowest BCUT2D eigenvalue weighted by Gasteiger charge is -2.33. The average molecular weight is 421 g/mol. The first-order valence-electron chi connectivity index (χ1n) is 10.00. The summed E-state index contributed by atoms with van der Waals surface area (Å²) in [5.41, 5.74) is 1.35. The van der Waals surface area contributed by atoms with E-state index in [2.05, 4.69) is 20.8 Å². The van der Waals surface area contributed by atoms with Crippen LogP contribution in [-0.2, 0) is 9.59 Å². The summed E-state index contributed by atoms with van der Waals surface area (Å²) in [6.45, 7) is 3.07. The van der Waals surface area contributed by atoms with Crippen LogP contribution in [0.2, 0.25) is 0 Å². The van der Waals surface area contributed by atoms with E-state index in [1.807, 2.05) is 36.4 Å². The Hall–Kier alpha value is -3.72. The van der Waals surface area contributed by atoms with Gasteiger partial charge in [0.15, 0.2) is 6.61 Å². The predicted octanol–water partition coefficient (Wildman–Crippen LogP) is 2.25. The van der Waals surface area contributed by atoms with E-state index in [4.69, 9.17) is 9.26 Å².